The molecule has 4 heteroatoms. The molecule has 1 aromatic rings. The maximum absolute atomic E-state index is 12.1. The minimum atomic E-state index is 0.212. The van der Waals surface area contributed by atoms with Crippen LogP contribution < -0.4 is 0 Å². The molecule has 0 saturated carbocycles. The van der Waals surface area contributed by atoms with Crippen LogP contribution in [0.4, 0.5) is 0 Å². The molecule has 2 nitrogen and oxygen atoms in total. The van der Waals surface area contributed by atoms with Crippen LogP contribution in [0.15, 0.2) is 15.9 Å². The highest BCUT2D eigenvalue weighted by Crippen LogP contribution is 2.23. The van der Waals surface area contributed by atoms with Crippen molar-refractivity contribution in [2.45, 2.75) is 33.2 Å². The Morgan fingerprint density at radius 3 is 2.69 bits per heavy atom. The van der Waals surface area contributed by atoms with Crippen molar-refractivity contribution in [3.8, 4) is 0 Å². The van der Waals surface area contributed by atoms with E-state index in [1.165, 1.54) is 11.3 Å². The molecule has 0 amide bonds. The van der Waals surface area contributed by atoms with Crippen LogP contribution in [0.25, 0.3) is 0 Å². The number of hydrogen-bond acceptors (Lipinski definition) is 3. The summed E-state index contributed by atoms with van der Waals surface area (Å²) in [5.41, 5.74) is 0. The summed E-state index contributed by atoms with van der Waals surface area (Å²) in [5, 5.41) is 1.94. The summed E-state index contributed by atoms with van der Waals surface area (Å²) in [7, 11) is 0. The second-order valence-electron chi connectivity index (χ2n) is 4.09. The van der Waals surface area contributed by atoms with Gasteiger partial charge in [0.25, 0.3) is 0 Å². The molecule has 1 rings (SSSR count). The standard InChI is InChI=1S/C12H18BrNOS/c1-4-6-14(9(2)3)8-11(15)12-10(13)5-7-16-12/h5,7,9H,4,6,8H2,1-3H3. The van der Waals surface area contributed by atoms with Crippen LogP contribution in [-0.2, 0) is 0 Å². The number of thiophene rings is 1. The SMILES string of the molecule is CCCN(CC(=O)c1sccc1Br)C(C)C. The fourth-order valence-corrected chi connectivity index (χ4v) is 3.08. The molecular weight excluding hydrogens is 286 g/mol. The second kappa shape index (κ2) is 6.52. The summed E-state index contributed by atoms with van der Waals surface area (Å²) in [4.78, 5) is 15.1. The van der Waals surface area contributed by atoms with Gasteiger partial charge in [0.05, 0.1) is 11.4 Å². The van der Waals surface area contributed by atoms with Gasteiger partial charge in [0, 0.05) is 10.5 Å². The molecule has 1 heterocycles. The molecule has 0 spiro atoms. The summed E-state index contributed by atoms with van der Waals surface area (Å²) < 4.78 is 0.919. The number of ketones is 1. The van der Waals surface area contributed by atoms with Gasteiger partial charge in [-0.15, -0.1) is 11.3 Å². The van der Waals surface area contributed by atoms with E-state index in [0.717, 1.165) is 22.3 Å². The highest BCUT2D eigenvalue weighted by Gasteiger charge is 2.17. The van der Waals surface area contributed by atoms with Gasteiger partial charge in [-0.1, -0.05) is 6.92 Å². The zero-order valence-electron chi connectivity index (χ0n) is 10.00. The maximum atomic E-state index is 12.1. The molecule has 0 aliphatic rings. The van der Waals surface area contributed by atoms with Gasteiger partial charge >= 0.3 is 0 Å². The molecular formula is C12H18BrNOS. The number of nitrogens with zero attached hydrogens (tertiary/aromatic N) is 1. The molecule has 16 heavy (non-hydrogen) atoms. The van der Waals surface area contributed by atoms with E-state index in [0.29, 0.717) is 12.6 Å². The smallest absolute Gasteiger partial charge is 0.187 e. The van der Waals surface area contributed by atoms with Crippen molar-refractivity contribution in [2.75, 3.05) is 13.1 Å². The lowest BCUT2D eigenvalue weighted by atomic mass is 10.2. The number of hydrogen-bond donors (Lipinski definition) is 0. The fraction of sp³-hybridized carbons (Fsp3) is 0.583. The first-order chi connectivity index (χ1) is 7.56. The Morgan fingerprint density at radius 2 is 2.25 bits per heavy atom. The number of halogens is 1. The first-order valence-corrected chi connectivity index (χ1v) is 7.23. The molecule has 0 N–H and O–H groups in total. The Morgan fingerprint density at radius 1 is 1.56 bits per heavy atom. The van der Waals surface area contributed by atoms with E-state index in [1.54, 1.807) is 0 Å². The van der Waals surface area contributed by atoms with Crippen molar-refractivity contribution < 1.29 is 4.79 Å². The minimum Gasteiger partial charge on any atom is -0.293 e. The number of carbonyl (C=O) groups is 1. The number of rotatable bonds is 6. The molecule has 0 atom stereocenters. The van der Waals surface area contributed by atoms with Crippen LogP contribution >= 0.6 is 27.3 Å². The van der Waals surface area contributed by atoms with Gasteiger partial charge < -0.3 is 0 Å². The molecule has 0 fully saturated rings. The summed E-state index contributed by atoms with van der Waals surface area (Å²) in [6.07, 6.45) is 1.08. The molecule has 0 unspecified atom stereocenters. The first kappa shape index (κ1) is 13.9. The van der Waals surface area contributed by atoms with E-state index in [9.17, 15) is 4.79 Å². The molecule has 0 saturated heterocycles. The van der Waals surface area contributed by atoms with E-state index in [-0.39, 0.29) is 5.78 Å². The Balaban J connectivity index is 2.65. The summed E-state index contributed by atoms with van der Waals surface area (Å²) in [6, 6.07) is 2.35. The third-order valence-corrected chi connectivity index (χ3v) is 4.34. The number of carbonyl (C=O) groups excluding carboxylic acids is 1. The third-order valence-electron chi connectivity index (χ3n) is 2.46. The Hall–Kier alpha value is -0.190. The zero-order valence-corrected chi connectivity index (χ0v) is 12.4. The van der Waals surface area contributed by atoms with Gasteiger partial charge in [0.1, 0.15) is 0 Å². The molecule has 0 aliphatic carbocycles. The van der Waals surface area contributed by atoms with E-state index in [4.69, 9.17) is 0 Å². The molecule has 1 aromatic heterocycles. The molecule has 90 valence electrons. The zero-order chi connectivity index (χ0) is 12.1. The summed E-state index contributed by atoms with van der Waals surface area (Å²) in [6.45, 7) is 7.90. The van der Waals surface area contributed by atoms with Crippen molar-refractivity contribution in [2.24, 2.45) is 0 Å². The van der Waals surface area contributed by atoms with E-state index in [2.05, 4.69) is 41.6 Å². The fourth-order valence-electron chi connectivity index (χ4n) is 1.56. The Bertz CT molecular complexity index is 349. The topological polar surface area (TPSA) is 20.3 Å². The average molecular weight is 304 g/mol. The van der Waals surface area contributed by atoms with Gasteiger partial charge in [-0.2, -0.15) is 0 Å². The normalized spacial score (nSPS) is 11.4. The van der Waals surface area contributed by atoms with Crippen molar-refractivity contribution in [3.63, 3.8) is 0 Å². The second-order valence-corrected chi connectivity index (χ2v) is 5.86. The highest BCUT2D eigenvalue weighted by atomic mass is 79.9. The predicted molar refractivity (Wildman–Crippen MR) is 73.3 cm³/mol. The van der Waals surface area contributed by atoms with Gasteiger partial charge in [-0.25, -0.2) is 0 Å². The van der Waals surface area contributed by atoms with Crippen molar-refractivity contribution >= 4 is 33.0 Å². The van der Waals surface area contributed by atoms with Crippen molar-refractivity contribution in [1.29, 1.82) is 0 Å². The lowest BCUT2D eigenvalue weighted by Crippen LogP contribution is -2.36. The van der Waals surface area contributed by atoms with Gasteiger partial charge in [-0.05, 0) is 54.2 Å². The summed E-state index contributed by atoms with van der Waals surface area (Å²) in [5.74, 6) is 0.212. The van der Waals surface area contributed by atoms with Crippen LogP contribution in [-0.4, -0.2) is 29.8 Å². The van der Waals surface area contributed by atoms with E-state index >= 15 is 0 Å². The van der Waals surface area contributed by atoms with Crippen LogP contribution in [0, 0.1) is 0 Å². The molecule has 0 radical (unpaired) electrons. The molecule has 0 aliphatic heterocycles. The van der Waals surface area contributed by atoms with Gasteiger partial charge in [0.2, 0.25) is 0 Å². The predicted octanol–water partition coefficient (Wildman–Crippen LogP) is 3.81. The highest BCUT2D eigenvalue weighted by molar-refractivity contribution is 9.10. The molecule has 0 bridgehead atoms. The van der Waals surface area contributed by atoms with Crippen LogP contribution in [0.2, 0.25) is 0 Å². The monoisotopic (exact) mass is 303 g/mol. The lowest BCUT2D eigenvalue weighted by molar-refractivity contribution is 0.0909. The lowest BCUT2D eigenvalue weighted by Gasteiger charge is -2.24. The largest absolute Gasteiger partial charge is 0.293 e. The molecule has 0 aromatic carbocycles. The summed E-state index contributed by atoms with van der Waals surface area (Å²) >= 11 is 4.91. The maximum Gasteiger partial charge on any atom is 0.187 e. The quantitative estimate of drug-likeness (QED) is 0.745. The van der Waals surface area contributed by atoms with E-state index in [1.807, 2.05) is 11.4 Å². The van der Waals surface area contributed by atoms with Crippen LogP contribution in [0.1, 0.15) is 36.9 Å². The number of Topliss-reactive ketones (excluding diaryl/α,β-unsaturated/α-hetero) is 1. The van der Waals surface area contributed by atoms with Crippen molar-refractivity contribution in [3.05, 3.63) is 20.8 Å². The van der Waals surface area contributed by atoms with E-state index < -0.39 is 0 Å². The minimum absolute atomic E-state index is 0.212. The van der Waals surface area contributed by atoms with Gasteiger partial charge in [-0.3, -0.25) is 9.69 Å². The van der Waals surface area contributed by atoms with Crippen LogP contribution in [0.5, 0.6) is 0 Å². The third kappa shape index (κ3) is 3.68. The van der Waals surface area contributed by atoms with Crippen LogP contribution in [0.3, 0.4) is 0 Å². The average Bonchev–Trinajstić information content (AvgIpc) is 2.63. The Labute approximate surface area is 110 Å². The van der Waals surface area contributed by atoms with Crippen molar-refractivity contribution in [1.82, 2.24) is 4.90 Å². The van der Waals surface area contributed by atoms with Gasteiger partial charge in [0.15, 0.2) is 5.78 Å². The Kier molecular flexibility index (Phi) is 5.66. The first-order valence-electron chi connectivity index (χ1n) is 5.56.